The predicted molar refractivity (Wildman–Crippen MR) is 87.4 cm³/mol. The summed E-state index contributed by atoms with van der Waals surface area (Å²) in [5, 5.41) is 0. The molecule has 2 rings (SSSR count). The van der Waals surface area contributed by atoms with Crippen LogP contribution in [-0.4, -0.2) is 39.9 Å². The highest BCUT2D eigenvalue weighted by molar-refractivity contribution is 14.1. The Balaban J connectivity index is 2.37. The number of ether oxygens (including phenoxy) is 1. The molecule has 0 aromatic carbocycles. The summed E-state index contributed by atoms with van der Waals surface area (Å²) in [5.41, 5.74) is 5.69. The molecular formula is C14H18IN3O4. The number of hydrogen-bond donors (Lipinski definition) is 1. The molecule has 1 aromatic rings. The molecule has 1 aliphatic rings. The minimum absolute atomic E-state index is 0.181. The molecule has 0 radical (unpaired) electrons. The lowest BCUT2D eigenvalue weighted by atomic mass is 10.1. The lowest BCUT2D eigenvalue weighted by Gasteiger charge is -2.34. The van der Waals surface area contributed by atoms with Crippen molar-refractivity contribution < 1.29 is 19.1 Å². The number of hydrogen-bond acceptors (Lipinski definition) is 4. The van der Waals surface area contributed by atoms with Gasteiger partial charge in [-0.15, -0.1) is 0 Å². The van der Waals surface area contributed by atoms with Crippen LogP contribution in [0, 0.1) is 3.57 Å². The molecule has 0 saturated carbocycles. The van der Waals surface area contributed by atoms with Gasteiger partial charge in [0.25, 0.3) is 5.91 Å². The Hall–Kier alpha value is -1.58. The number of amides is 2. The number of aromatic nitrogens is 1. The van der Waals surface area contributed by atoms with Crippen molar-refractivity contribution in [2.75, 3.05) is 6.54 Å². The van der Waals surface area contributed by atoms with Gasteiger partial charge in [0.1, 0.15) is 17.9 Å². The van der Waals surface area contributed by atoms with Crippen LogP contribution in [0.25, 0.3) is 0 Å². The molecule has 0 spiro atoms. The molecule has 120 valence electrons. The van der Waals surface area contributed by atoms with Gasteiger partial charge in [-0.25, -0.2) is 4.79 Å². The highest BCUT2D eigenvalue weighted by Gasteiger charge is 2.34. The number of primary amides is 1. The Morgan fingerprint density at radius 2 is 2.09 bits per heavy atom. The summed E-state index contributed by atoms with van der Waals surface area (Å²) in [6.45, 7) is 5.69. The summed E-state index contributed by atoms with van der Waals surface area (Å²) >= 11 is 2.00. The Kier molecular flexibility index (Phi) is 4.50. The second-order valence-electron chi connectivity index (χ2n) is 6.13. The van der Waals surface area contributed by atoms with Gasteiger partial charge in [0.2, 0.25) is 0 Å². The van der Waals surface area contributed by atoms with Crippen molar-refractivity contribution in [3.63, 3.8) is 0 Å². The summed E-state index contributed by atoms with van der Waals surface area (Å²) in [6, 6.07) is -0.558. The molecule has 0 fully saturated rings. The van der Waals surface area contributed by atoms with E-state index in [1.165, 1.54) is 4.90 Å². The molecular weight excluding hydrogens is 401 g/mol. The van der Waals surface area contributed by atoms with Gasteiger partial charge in [-0.2, -0.15) is 0 Å². The van der Waals surface area contributed by atoms with Gasteiger partial charge in [0, 0.05) is 9.77 Å². The Morgan fingerprint density at radius 3 is 2.59 bits per heavy atom. The van der Waals surface area contributed by atoms with E-state index >= 15 is 0 Å². The Labute approximate surface area is 141 Å². The monoisotopic (exact) mass is 419 g/mol. The van der Waals surface area contributed by atoms with Crippen molar-refractivity contribution >= 4 is 40.9 Å². The van der Waals surface area contributed by atoms with Crippen LogP contribution in [0.2, 0.25) is 0 Å². The number of aldehydes is 1. The standard InChI is InChI=1S/C14H18IN3O4/c1-14(2,3)22-13(21)17-4-8(7-19)18-5-9(15)11(12(16)20)10(18)6-17/h5,7-8H,4,6H2,1-3H3,(H2,16,20). The summed E-state index contributed by atoms with van der Waals surface area (Å²) in [5.74, 6) is -0.575. The Morgan fingerprint density at radius 1 is 1.45 bits per heavy atom. The topological polar surface area (TPSA) is 94.6 Å². The summed E-state index contributed by atoms with van der Waals surface area (Å²) in [4.78, 5) is 36.6. The molecule has 1 aliphatic heterocycles. The molecule has 0 aliphatic carbocycles. The highest BCUT2D eigenvalue weighted by atomic mass is 127. The summed E-state index contributed by atoms with van der Waals surface area (Å²) in [6.07, 6.45) is 1.94. The van der Waals surface area contributed by atoms with Crippen molar-refractivity contribution in [3.05, 3.63) is 21.0 Å². The zero-order valence-corrected chi connectivity index (χ0v) is 14.8. The van der Waals surface area contributed by atoms with E-state index in [-0.39, 0.29) is 13.1 Å². The van der Waals surface area contributed by atoms with Crippen molar-refractivity contribution in [3.8, 4) is 0 Å². The maximum Gasteiger partial charge on any atom is 0.410 e. The molecule has 2 amide bonds. The number of nitrogens with two attached hydrogens (primary N) is 1. The maximum absolute atomic E-state index is 12.2. The molecule has 7 nitrogen and oxygen atoms in total. The Bertz CT molecular complexity index is 633. The number of halogens is 1. The molecule has 0 saturated heterocycles. The molecule has 0 bridgehead atoms. The molecule has 2 N–H and O–H groups in total. The second kappa shape index (κ2) is 5.90. The number of rotatable bonds is 2. The van der Waals surface area contributed by atoms with Crippen LogP contribution in [0.5, 0.6) is 0 Å². The first-order valence-electron chi connectivity index (χ1n) is 6.76. The van der Waals surface area contributed by atoms with Crippen molar-refractivity contribution in [1.82, 2.24) is 9.47 Å². The van der Waals surface area contributed by atoms with Crippen LogP contribution in [0.4, 0.5) is 4.79 Å². The number of carbonyl (C=O) groups excluding carboxylic acids is 3. The SMILES string of the molecule is CC(C)(C)OC(=O)N1Cc2c(C(N)=O)c(I)cn2C(C=O)C1. The van der Waals surface area contributed by atoms with Gasteiger partial charge in [-0.3, -0.25) is 9.69 Å². The largest absolute Gasteiger partial charge is 0.444 e. The van der Waals surface area contributed by atoms with Crippen molar-refractivity contribution in [1.29, 1.82) is 0 Å². The zero-order valence-electron chi connectivity index (χ0n) is 12.6. The van der Waals surface area contributed by atoms with E-state index in [0.717, 1.165) is 6.29 Å². The molecule has 1 atom stereocenters. The van der Waals surface area contributed by atoms with Gasteiger partial charge in [0.05, 0.1) is 24.3 Å². The van der Waals surface area contributed by atoms with E-state index in [4.69, 9.17) is 10.5 Å². The summed E-state index contributed by atoms with van der Waals surface area (Å²) in [7, 11) is 0. The number of carbonyl (C=O) groups is 3. The molecule has 2 heterocycles. The average Bonchev–Trinajstić information content (AvgIpc) is 2.71. The van der Waals surface area contributed by atoms with E-state index in [1.807, 2.05) is 22.6 Å². The van der Waals surface area contributed by atoms with Crippen LogP contribution in [0.3, 0.4) is 0 Å². The van der Waals surface area contributed by atoms with Crippen LogP contribution in [0.15, 0.2) is 6.20 Å². The smallest absolute Gasteiger partial charge is 0.410 e. The van der Waals surface area contributed by atoms with Crippen LogP contribution in [-0.2, 0) is 16.1 Å². The zero-order chi connectivity index (χ0) is 16.7. The fourth-order valence-corrected chi connectivity index (χ4v) is 3.26. The quantitative estimate of drug-likeness (QED) is 0.583. The number of nitrogens with zero attached hydrogens (tertiary/aromatic N) is 2. The lowest BCUT2D eigenvalue weighted by Crippen LogP contribution is -2.44. The van der Waals surface area contributed by atoms with Crippen LogP contribution in [0.1, 0.15) is 42.9 Å². The predicted octanol–water partition coefficient (Wildman–Crippen LogP) is 1.68. The van der Waals surface area contributed by atoms with Crippen LogP contribution >= 0.6 is 22.6 Å². The van der Waals surface area contributed by atoms with Gasteiger partial charge >= 0.3 is 6.09 Å². The minimum Gasteiger partial charge on any atom is -0.444 e. The van der Waals surface area contributed by atoms with Gasteiger partial charge in [-0.05, 0) is 43.4 Å². The normalized spacial score (nSPS) is 17.8. The molecule has 1 aromatic heterocycles. The fourth-order valence-electron chi connectivity index (χ4n) is 2.38. The van der Waals surface area contributed by atoms with E-state index in [9.17, 15) is 14.4 Å². The molecule has 22 heavy (non-hydrogen) atoms. The van der Waals surface area contributed by atoms with Crippen molar-refractivity contribution in [2.24, 2.45) is 5.73 Å². The van der Waals surface area contributed by atoms with Gasteiger partial charge < -0.3 is 19.8 Å². The third-order valence-corrected chi connectivity index (χ3v) is 4.07. The fraction of sp³-hybridized carbons (Fsp3) is 0.500. The molecule has 8 heteroatoms. The first-order valence-corrected chi connectivity index (χ1v) is 7.84. The molecule has 1 unspecified atom stereocenters. The van der Waals surface area contributed by atoms with Crippen molar-refractivity contribution in [2.45, 2.75) is 39.0 Å². The van der Waals surface area contributed by atoms with E-state index in [2.05, 4.69) is 0 Å². The van der Waals surface area contributed by atoms with Crippen LogP contribution < -0.4 is 5.73 Å². The van der Waals surface area contributed by atoms with E-state index in [0.29, 0.717) is 14.8 Å². The first-order chi connectivity index (χ1) is 10.1. The average molecular weight is 419 g/mol. The summed E-state index contributed by atoms with van der Waals surface area (Å²) < 4.78 is 7.70. The number of fused-ring (bicyclic) bond motifs is 1. The minimum atomic E-state index is -0.631. The van der Waals surface area contributed by atoms with E-state index in [1.54, 1.807) is 31.5 Å². The second-order valence-corrected chi connectivity index (χ2v) is 7.30. The third-order valence-electron chi connectivity index (χ3n) is 3.25. The maximum atomic E-state index is 12.2. The lowest BCUT2D eigenvalue weighted by molar-refractivity contribution is -0.111. The highest BCUT2D eigenvalue weighted by Crippen LogP contribution is 2.29. The van der Waals surface area contributed by atoms with Gasteiger partial charge in [-0.1, -0.05) is 0 Å². The third kappa shape index (κ3) is 3.26. The first kappa shape index (κ1) is 16.8. The van der Waals surface area contributed by atoms with E-state index < -0.39 is 23.6 Å². The van der Waals surface area contributed by atoms with Gasteiger partial charge in [0.15, 0.2) is 0 Å².